The fourth-order valence-corrected chi connectivity index (χ4v) is 5.36. The van der Waals surface area contributed by atoms with Crippen LogP contribution >= 0.6 is 0 Å². The van der Waals surface area contributed by atoms with Crippen LogP contribution < -0.4 is 10.1 Å². The maximum Gasteiger partial charge on any atom is 0.325 e. The number of urea groups is 1. The van der Waals surface area contributed by atoms with Crippen LogP contribution in [0.2, 0.25) is 0 Å². The first kappa shape index (κ1) is 22.1. The molecule has 3 aliphatic heterocycles. The molecule has 3 heterocycles. The molecule has 1 atom stereocenters. The van der Waals surface area contributed by atoms with E-state index in [4.69, 9.17) is 4.74 Å². The number of carbonyl (C=O) groups excluding carboxylic acids is 2. The van der Waals surface area contributed by atoms with Gasteiger partial charge in [0.2, 0.25) is 0 Å². The van der Waals surface area contributed by atoms with E-state index >= 15 is 0 Å². The van der Waals surface area contributed by atoms with Gasteiger partial charge in [0, 0.05) is 32.7 Å². The molecule has 0 radical (unpaired) electrons. The van der Waals surface area contributed by atoms with Crippen LogP contribution in [0.25, 0.3) is 0 Å². The summed E-state index contributed by atoms with van der Waals surface area (Å²) in [6.07, 6.45) is 3.28. The van der Waals surface area contributed by atoms with Crippen LogP contribution in [0.3, 0.4) is 0 Å². The Labute approximate surface area is 185 Å². The van der Waals surface area contributed by atoms with Crippen LogP contribution in [0.5, 0.6) is 5.75 Å². The zero-order valence-electron chi connectivity index (χ0n) is 19.1. The predicted molar refractivity (Wildman–Crippen MR) is 120 cm³/mol. The highest BCUT2D eigenvalue weighted by Crippen LogP contribution is 2.33. The van der Waals surface area contributed by atoms with E-state index in [1.165, 1.54) is 5.56 Å². The van der Waals surface area contributed by atoms with Crippen molar-refractivity contribution in [1.29, 1.82) is 0 Å². The van der Waals surface area contributed by atoms with Gasteiger partial charge in [-0.3, -0.25) is 14.6 Å². The number of hydrogen-bond acceptors (Lipinski definition) is 5. The molecule has 1 aromatic carbocycles. The quantitative estimate of drug-likeness (QED) is 0.706. The fourth-order valence-electron chi connectivity index (χ4n) is 5.36. The summed E-state index contributed by atoms with van der Waals surface area (Å²) in [7, 11) is 1.68. The summed E-state index contributed by atoms with van der Waals surface area (Å²) in [6.45, 7) is 9.72. The van der Waals surface area contributed by atoms with E-state index in [-0.39, 0.29) is 18.0 Å². The number of rotatable bonds is 6. The largest absolute Gasteiger partial charge is 0.497 e. The summed E-state index contributed by atoms with van der Waals surface area (Å²) in [4.78, 5) is 32.7. The van der Waals surface area contributed by atoms with Crippen molar-refractivity contribution in [3.05, 3.63) is 29.8 Å². The first-order valence-electron chi connectivity index (χ1n) is 11.6. The van der Waals surface area contributed by atoms with Crippen LogP contribution in [0.1, 0.15) is 45.1 Å². The van der Waals surface area contributed by atoms with Crippen molar-refractivity contribution >= 4 is 11.9 Å². The van der Waals surface area contributed by atoms with Gasteiger partial charge in [0.1, 0.15) is 11.3 Å². The lowest BCUT2D eigenvalue weighted by Gasteiger charge is -2.39. The summed E-state index contributed by atoms with van der Waals surface area (Å²) in [5.74, 6) is 1.46. The third kappa shape index (κ3) is 4.72. The van der Waals surface area contributed by atoms with Crippen LogP contribution in [0.4, 0.5) is 4.79 Å². The highest BCUT2D eigenvalue weighted by Gasteiger charge is 2.54. The second kappa shape index (κ2) is 9.17. The van der Waals surface area contributed by atoms with Crippen molar-refractivity contribution < 1.29 is 14.3 Å². The minimum atomic E-state index is -0.695. The molecule has 1 N–H and O–H groups in total. The monoisotopic (exact) mass is 428 g/mol. The first-order chi connectivity index (χ1) is 14.9. The van der Waals surface area contributed by atoms with E-state index < -0.39 is 5.54 Å². The van der Waals surface area contributed by atoms with Gasteiger partial charge < -0.3 is 15.0 Å². The zero-order valence-corrected chi connectivity index (χ0v) is 19.1. The molecule has 3 fully saturated rings. The smallest absolute Gasteiger partial charge is 0.325 e. The molecule has 1 spiro atoms. The van der Waals surface area contributed by atoms with Gasteiger partial charge in [0.25, 0.3) is 5.91 Å². The molecule has 1 aromatic rings. The Kier molecular flexibility index (Phi) is 6.53. The predicted octanol–water partition coefficient (Wildman–Crippen LogP) is 2.70. The van der Waals surface area contributed by atoms with E-state index in [2.05, 4.69) is 41.1 Å². The lowest BCUT2D eigenvalue weighted by molar-refractivity contribution is -0.135. The second-order valence-electron chi connectivity index (χ2n) is 9.76. The highest BCUT2D eigenvalue weighted by molar-refractivity contribution is 6.07. The Morgan fingerprint density at radius 1 is 1.16 bits per heavy atom. The van der Waals surface area contributed by atoms with Gasteiger partial charge in [0.05, 0.1) is 13.2 Å². The van der Waals surface area contributed by atoms with E-state index in [0.717, 1.165) is 57.9 Å². The van der Waals surface area contributed by atoms with Crippen molar-refractivity contribution in [1.82, 2.24) is 20.0 Å². The van der Waals surface area contributed by atoms with Gasteiger partial charge in [-0.25, -0.2) is 4.79 Å². The van der Waals surface area contributed by atoms with Gasteiger partial charge >= 0.3 is 6.03 Å². The Bertz CT molecular complexity index is 804. The number of nitrogens with zero attached hydrogens (tertiary/aromatic N) is 3. The molecule has 3 saturated heterocycles. The maximum atomic E-state index is 13.5. The standard InChI is InChI=1S/C24H36N4O3/c1-18(2)15-26-12-9-24(10-13-26)22(29)28(23(30)25-24)20-7-5-11-27(17-20)16-19-6-4-8-21(14-19)31-3/h4,6,8,14,18,20H,5,7,9-13,15-17H2,1-3H3,(H,25,30)/t20-/m1/s1. The number of imide groups is 1. The molecule has 31 heavy (non-hydrogen) atoms. The average Bonchev–Trinajstić information content (AvgIpc) is 2.99. The number of likely N-dealkylation sites (tertiary alicyclic amines) is 2. The molecule has 3 aliphatic rings. The number of carbonyl (C=O) groups is 2. The number of nitrogens with one attached hydrogen (secondary N) is 1. The van der Waals surface area contributed by atoms with Crippen molar-refractivity contribution in [2.75, 3.05) is 39.8 Å². The third-order valence-corrected chi connectivity index (χ3v) is 6.91. The molecule has 0 bridgehead atoms. The van der Waals surface area contributed by atoms with Gasteiger partial charge in [-0.2, -0.15) is 0 Å². The van der Waals surface area contributed by atoms with Crippen LogP contribution in [0.15, 0.2) is 24.3 Å². The third-order valence-electron chi connectivity index (χ3n) is 6.91. The molecule has 4 rings (SSSR count). The number of amides is 3. The average molecular weight is 429 g/mol. The van der Waals surface area contributed by atoms with E-state index in [0.29, 0.717) is 18.8 Å². The molecule has 3 amide bonds. The van der Waals surface area contributed by atoms with Crippen LogP contribution in [-0.2, 0) is 11.3 Å². The van der Waals surface area contributed by atoms with Crippen molar-refractivity contribution in [3.63, 3.8) is 0 Å². The lowest BCUT2D eigenvalue weighted by Crippen LogP contribution is -2.56. The van der Waals surface area contributed by atoms with Crippen LogP contribution in [0, 0.1) is 5.92 Å². The van der Waals surface area contributed by atoms with Gasteiger partial charge in [-0.15, -0.1) is 0 Å². The Balaban J connectivity index is 1.39. The maximum absolute atomic E-state index is 13.5. The SMILES string of the molecule is COc1cccc(CN2CCC[C@@H](N3C(=O)NC4(CCN(CC(C)C)CC4)C3=O)C2)c1. The minimum Gasteiger partial charge on any atom is -0.497 e. The molecule has 170 valence electrons. The highest BCUT2D eigenvalue weighted by atomic mass is 16.5. The summed E-state index contributed by atoms with van der Waals surface area (Å²) in [5, 5.41) is 3.10. The van der Waals surface area contributed by atoms with Gasteiger partial charge in [-0.1, -0.05) is 26.0 Å². The fraction of sp³-hybridized carbons (Fsp3) is 0.667. The summed E-state index contributed by atoms with van der Waals surface area (Å²) < 4.78 is 5.34. The molecule has 0 aliphatic carbocycles. The second-order valence-corrected chi connectivity index (χ2v) is 9.76. The molecular formula is C24H36N4O3. The Hall–Kier alpha value is -2.12. The molecule has 7 nitrogen and oxygen atoms in total. The lowest BCUT2D eigenvalue weighted by atomic mass is 9.86. The van der Waals surface area contributed by atoms with E-state index in [1.807, 2.05) is 12.1 Å². The van der Waals surface area contributed by atoms with Crippen molar-refractivity contribution in [2.24, 2.45) is 5.92 Å². The van der Waals surface area contributed by atoms with Crippen molar-refractivity contribution in [2.45, 2.75) is 57.7 Å². The van der Waals surface area contributed by atoms with Crippen molar-refractivity contribution in [3.8, 4) is 5.75 Å². The number of methoxy groups -OCH3 is 1. The summed E-state index contributed by atoms with van der Waals surface area (Å²) in [6, 6.07) is 7.84. The van der Waals surface area contributed by atoms with E-state index in [1.54, 1.807) is 12.0 Å². The van der Waals surface area contributed by atoms with E-state index in [9.17, 15) is 9.59 Å². The topological polar surface area (TPSA) is 65.1 Å². The number of hydrogen-bond donors (Lipinski definition) is 1. The molecule has 0 saturated carbocycles. The Morgan fingerprint density at radius 2 is 1.94 bits per heavy atom. The Morgan fingerprint density at radius 3 is 2.65 bits per heavy atom. The van der Waals surface area contributed by atoms with Gasteiger partial charge in [-0.05, 0) is 55.8 Å². The summed E-state index contributed by atoms with van der Waals surface area (Å²) >= 11 is 0. The number of ether oxygens (including phenoxy) is 1. The summed E-state index contributed by atoms with van der Waals surface area (Å²) in [5.41, 5.74) is 0.491. The van der Waals surface area contributed by atoms with Crippen LogP contribution in [-0.4, -0.2) is 78.1 Å². The first-order valence-corrected chi connectivity index (χ1v) is 11.6. The molecular weight excluding hydrogens is 392 g/mol. The molecule has 0 aromatic heterocycles. The van der Waals surface area contributed by atoms with Gasteiger partial charge in [0.15, 0.2) is 0 Å². The number of piperidine rings is 2. The molecule has 0 unspecified atom stereocenters. The molecule has 7 heteroatoms. The minimum absolute atomic E-state index is 0.00470. The number of benzene rings is 1. The normalized spacial score (nSPS) is 24.8. The zero-order chi connectivity index (χ0) is 22.0.